The largest absolute Gasteiger partial charge is 0.508 e. The first kappa shape index (κ1) is 22.6. The summed E-state index contributed by atoms with van der Waals surface area (Å²) in [5, 5.41) is 20.1. The molecule has 0 unspecified atom stereocenters. The normalized spacial score (nSPS) is 17.4. The number of benzene rings is 2. The second-order valence-electron chi connectivity index (χ2n) is 8.54. The van der Waals surface area contributed by atoms with Crippen LogP contribution in [0.3, 0.4) is 0 Å². The summed E-state index contributed by atoms with van der Waals surface area (Å²) in [4.78, 5) is 2.47. The molecule has 0 saturated carbocycles. The molecule has 2 N–H and O–H groups in total. The van der Waals surface area contributed by atoms with E-state index >= 15 is 0 Å². The third-order valence-corrected chi connectivity index (χ3v) is 5.67. The highest BCUT2D eigenvalue weighted by Crippen LogP contribution is 2.29. The minimum absolute atomic E-state index is 0.317. The van der Waals surface area contributed by atoms with Crippen LogP contribution in [-0.4, -0.2) is 34.2 Å². The van der Waals surface area contributed by atoms with E-state index in [4.69, 9.17) is 0 Å². The van der Waals surface area contributed by atoms with Crippen molar-refractivity contribution in [2.24, 2.45) is 0 Å². The number of nitrogens with zero attached hydrogens (tertiary/aromatic N) is 1. The molecule has 0 aliphatic carbocycles. The van der Waals surface area contributed by atoms with Gasteiger partial charge in [0.2, 0.25) is 0 Å². The number of rotatable bonds is 7. The van der Waals surface area contributed by atoms with Crippen LogP contribution in [-0.2, 0) is 12.8 Å². The summed E-state index contributed by atoms with van der Waals surface area (Å²) in [5.74, 6) is 0.635. The fourth-order valence-electron chi connectivity index (χ4n) is 4.04. The SMILES string of the molecule is C=CCc1cc(/C=C2\C/C(=C\c3ccc(O)c(CC=C)c3)CN(C(C)C)C2)ccc1O. The van der Waals surface area contributed by atoms with Crippen LogP contribution in [0.15, 0.2) is 72.9 Å². The number of phenolic OH excluding ortho intramolecular Hbond substituents is 2. The molecule has 3 nitrogen and oxygen atoms in total. The predicted molar refractivity (Wildman–Crippen MR) is 131 cm³/mol. The molecule has 1 aliphatic rings. The van der Waals surface area contributed by atoms with E-state index < -0.39 is 0 Å². The molecule has 3 rings (SSSR count). The first-order valence-corrected chi connectivity index (χ1v) is 10.9. The molecule has 0 radical (unpaired) electrons. The van der Waals surface area contributed by atoms with Crippen molar-refractivity contribution in [1.29, 1.82) is 0 Å². The van der Waals surface area contributed by atoms with E-state index in [-0.39, 0.29) is 0 Å². The molecule has 2 aromatic rings. The Morgan fingerprint density at radius 1 is 0.839 bits per heavy atom. The molecule has 0 aromatic heterocycles. The van der Waals surface area contributed by atoms with Crippen LogP contribution in [0.4, 0.5) is 0 Å². The van der Waals surface area contributed by atoms with Gasteiger partial charge < -0.3 is 10.2 Å². The number of likely N-dealkylation sites (tertiary alicyclic amines) is 1. The Morgan fingerprint density at radius 2 is 1.29 bits per heavy atom. The predicted octanol–water partition coefficient (Wildman–Crippen LogP) is 6.14. The monoisotopic (exact) mass is 415 g/mol. The number of phenols is 2. The Balaban J connectivity index is 1.91. The molecule has 31 heavy (non-hydrogen) atoms. The lowest BCUT2D eigenvalue weighted by Gasteiger charge is -2.34. The Bertz CT molecular complexity index is 936. The highest BCUT2D eigenvalue weighted by Gasteiger charge is 2.20. The van der Waals surface area contributed by atoms with Gasteiger partial charge in [0.05, 0.1) is 0 Å². The first-order valence-electron chi connectivity index (χ1n) is 10.9. The van der Waals surface area contributed by atoms with Gasteiger partial charge in [0.1, 0.15) is 11.5 Å². The fourth-order valence-corrected chi connectivity index (χ4v) is 4.04. The molecule has 1 aliphatic heterocycles. The lowest BCUT2D eigenvalue weighted by molar-refractivity contribution is 0.246. The number of hydrogen-bond acceptors (Lipinski definition) is 3. The minimum Gasteiger partial charge on any atom is -0.508 e. The first-order chi connectivity index (χ1) is 14.9. The van der Waals surface area contributed by atoms with Crippen molar-refractivity contribution in [3.05, 3.63) is 95.1 Å². The van der Waals surface area contributed by atoms with Gasteiger partial charge in [-0.1, -0.05) is 47.6 Å². The molecule has 3 heteroatoms. The zero-order valence-corrected chi connectivity index (χ0v) is 18.6. The second-order valence-corrected chi connectivity index (χ2v) is 8.54. The zero-order valence-electron chi connectivity index (χ0n) is 18.6. The van der Waals surface area contributed by atoms with Crippen LogP contribution in [0.1, 0.15) is 42.5 Å². The molecule has 0 atom stereocenters. The molecule has 1 saturated heterocycles. The maximum absolute atomic E-state index is 10.1. The molecule has 1 fully saturated rings. The number of aromatic hydroxyl groups is 2. The molecule has 2 aromatic carbocycles. The van der Waals surface area contributed by atoms with Crippen molar-refractivity contribution in [2.75, 3.05) is 13.1 Å². The second kappa shape index (κ2) is 10.3. The minimum atomic E-state index is 0.317. The van der Waals surface area contributed by atoms with Crippen LogP contribution < -0.4 is 0 Å². The summed E-state index contributed by atoms with van der Waals surface area (Å²) in [6, 6.07) is 12.0. The van der Waals surface area contributed by atoms with Crippen molar-refractivity contribution in [3.63, 3.8) is 0 Å². The van der Waals surface area contributed by atoms with Crippen molar-refractivity contribution in [1.82, 2.24) is 4.90 Å². The summed E-state index contributed by atoms with van der Waals surface area (Å²) in [6.45, 7) is 13.9. The summed E-state index contributed by atoms with van der Waals surface area (Å²) < 4.78 is 0. The average molecular weight is 416 g/mol. The van der Waals surface area contributed by atoms with Gasteiger partial charge in [0, 0.05) is 19.1 Å². The molecular formula is C28H33NO2. The van der Waals surface area contributed by atoms with Gasteiger partial charge in [0.25, 0.3) is 0 Å². The number of piperidine rings is 1. The summed E-state index contributed by atoms with van der Waals surface area (Å²) >= 11 is 0. The van der Waals surface area contributed by atoms with E-state index in [1.54, 1.807) is 12.1 Å². The third-order valence-electron chi connectivity index (χ3n) is 5.67. The van der Waals surface area contributed by atoms with Crippen LogP contribution >= 0.6 is 0 Å². The Morgan fingerprint density at radius 3 is 1.68 bits per heavy atom. The molecule has 1 heterocycles. The van der Waals surface area contributed by atoms with Crippen LogP contribution in [0.5, 0.6) is 11.5 Å². The smallest absolute Gasteiger partial charge is 0.119 e. The molecule has 0 bridgehead atoms. The maximum Gasteiger partial charge on any atom is 0.119 e. The molecular weight excluding hydrogens is 382 g/mol. The molecule has 0 spiro atoms. The fraction of sp³-hybridized carbons (Fsp3) is 0.286. The Labute approximate surface area is 186 Å². The highest BCUT2D eigenvalue weighted by molar-refractivity contribution is 5.61. The summed E-state index contributed by atoms with van der Waals surface area (Å²) in [6.07, 6.45) is 10.3. The van der Waals surface area contributed by atoms with Gasteiger partial charge in [-0.25, -0.2) is 0 Å². The summed E-state index contributed by atoms with van der Waals surface area (Å²) in [5.41, 5.74) is 6.71. The van der Waals surface area contributed by atoms with Gasteiger partial charge in [0.15, 0.2) is 0 Å². The van der Waals surface area contributed by atoms with E-state index in [2.05, 4.69) is 44.1 Å². The van der Waals surface area contributed by atoms with E-state index in [1.807, 2.05) is 36.4 Å². The zero-order chi connectivity index (χ0) is 22.4. The van der Waals surface area contributed by atoms with E-state index in [0.29, 0.717) is 30.4 Å². The average Bonchev–Trinajstić information content (AvgIpc) is 2.73. The standard InChI is InChI=1S/C28H33NO2/c1-5-7-25-16-21(9-11-27(25)30)13-23-15-24(19-29(18-23)20(3)4)14-22-10-12-28(31)26(17-22)8-6-2/h5-6,9-14,16-17,20,30-31H,1-2,7-8,15,18-19H2,3-4H3/b23-13+,24-14+. The molecule has 162 valence electrons. The highest BCUT2D eigenvalue weighted by atomic mass is 16.3. The van der Waals surface area contributed by atoms with Gasteiger partial charge in [-0.05, 0) is 79.6 Å². The van der Waals surface area contributed by atoms with E-state index in [1.165, 1.54) is 11.1 Å². The van der Waals surface area contributed by atoms with Gasteiger partial charge in [-0.2, -0.15) is 0 Å². The van der Waals surface area contributed by atoms with Crippen LogP contribution in [0.2, 0.25) is 0 Å². The van der Waals surface area contributed by atoms with Crippen molar-refractivity contribution in [3.8, 4) is 11.5 Å². The lowest BCUT2D eigenvalue weighted by Crippen LogP contribution is -2.37. The van der Waals surface area contributed by atoms with Crippen molar-refractivity contribution >= 4 is 12.2 Å². The maximum atomic E-state index is 10.1. The van der Waals surface area contributed by atoms with E-state index in [9.17, 15) is 10.2 Å². The third kappa shape index (κ3) is 5.99. The number of allylic oxidation sites excluding steroid dienone is 2. The Hall–Kier alpha value is -3.04. The number of hydrogen-bond donors (Lipinski definition) is 2. The van der Waals surface area contributed by atoms with Crippen LogP contribution in [0.25, 0.3) is 12.2 Å². The van der Waals surface area contributed by atoms with Gasteiger partial charge in [-0.3, -0.25) is 4.90 Å². The lowest BCUT2D eigenvalue weighted by atomic mass is 9.94. The van der Waals surface area contributed by atoms with Gasteiger partial charge >= 0.3 is 0 Å². The quantitative estimate of drug-likeness (QED) is 0.534. The summed E-state index contributed by atoms with van der Waals surface area (Å²) in [7, 11) is 0. The van der Waals surface area contributed by atoms with Gasteiger partial charge in [-0.15, -0.1) is 13.2 Å². The van der Waals surface area contributed by atoms with E-state index in [0.717, 1.165) is 41.8 Å². The Kier molecular flexibility index (Phi) is 7.54. The van der Waals surface area contributed by atoms with Crippen molar-refractivity contribution < 1.29 is 10.2 Å². The topological polar surface area (TPSA) is 43.7 Å². The van der Waals surface area contributed by atoms with Crippen LogP contribution in [0, 0.1) is 0 Å². The molecule has 0 amide bonds. The van der Waals surface area contributed by atoms with Crippen molar-refractivity contribution in [2.45, 2.75) is 39.2 Å².